The van der Waals surface area contributed by atoms with E-state index in [1.807, 2.05) is 0 Å². The van der Waals surface area contributed by atoms with E-state index in [0.29, 0.717) is 11.7 Å². The number of nitrogens with zero attached hydrogens (tertiary/aromatic N) is 2. The van der Waals surface area contributed by atoms with Crippen molar-refractivity contribution < 1.29 is 4.79 Å². The molecule has 1 aromatic heterocycles. The van der Waals surface area contributed by atoms with Crippen LogP contribution in [0.25, 0.3) is 0 Å². The molecule has 3 N–H and O–H groups in total. The zero-order chi connectivity index (χ0) is 9.90. The zero-order valence-electron chi connectivity index (χ0n) is 7.57. The Morgan fingerprint density at radius 3 is 2.92 bits per heavy atom. The fourth-order valence-corrected chi connectivity index (χ4v) is 1.06. The third-order valence-electron chi connectivity index (χ3n) is 1.71. The number of amides is 1. The fraction of sp³-hybridized carbons (Fsp3) is 0.571. The van der Waals surface area contributed by atoms with Gasteiger partial charge in [-0.2, -0.15) is 4.37 Å². The van der Waals surface area contributed by atoms with Gasteiger partial charge in [0, 0.05) is 18.1 Å². The van der Waals surface area contributed by atoms with Crippen molar-refractivity contribution in [1.29, 1.82) is 0 Å². The molecule has 1 heterocycles. The molecule has 1 aromatic rings. The van der Waals surface area contributed by atoms with Crippen molar-refractivity contribution in [3.8, 4) is 0 Å². The molecule has 0 bridgehead atoms. The van der Waals surface area contributed by atoms with Crippen LogP contribution in [0.4, 0.5) is 5.13 Å². The standard InChI is InChI=1S/C7H12N4OS/c1-7(2,5(8)12)3-9-6-10-4-11-13-6/h4H,3H2,1-2H3,(H2,8,12)(H,9,10,11). The van der Waals surface area contributed by atoms with E-state index in [-0.39, 0.29) is 5.91 Å². The first-order valence-electron chi connectivity index (χ1n) is 3.83. The summed E-state index contributed by atoms with van der Waals surface area (Å²) in [6.45, 7) is 4.03. The highest BCUT2D eigenvalue weighted by Crippen LogP contribution is 2.16. The van der Waals surface area contributed by atoms with Gasteiger partial charge in [0.25, 0.3) is 0 Å². The van der Waals surface area contributed by atoms with Gasteiger partial charge in [0.15, 0.2) is 0 Å². The van der Waals surface area contributed by atoms with E-state index in [1.165, 1.54) is 17.9 Å². The van der Waals surface area contributed by atoms with Crippen LogP contribution in [0.1, 0.15) is 13.8 Å². The summed E-state index contributed by atoms with van der Waals surface area (Å²) in [4.78, 5) is 14.9. The Morgan fingerprint density at radius 2 is 2.46 bits per heavy atom. The van der Waals surface area contributed by atoms with Crippen LogP contribution in [0.2, 0.25) is 0 Å². The average Bonchev–Trinajstić information content (AvgIpc) is 2.52. The molecule has 0 radical (unpaired) electrons. The zero-order valence-corrected chi connectivity index (χ0v) is 8.39. The lowest BCUT2D eigenvalue weighted by Crippen LogP contribution is -2.37. The van der Waals surface area contributed by atoms with E-state index in [0.717, 1.165) is 0 Å². The first-order chi connectivity index (χ1) is 6.02. The Labute approximate surface area is 80.5 Å². The summed E-state index contributed by atoms with van der Waals surface area (Å²) in [6, 6.07) is 0. The second-order valence-electron chi connectivity index (χ2n) is 3.35. The van der Waals surface area contributed by atoms with Crippen LogP contribution in [0.5, 0.6) is 0 Å². The summed E-state index contributed by atoms with van der Waals surface area (Å²) in [7, 11) is 0. The van der Waals surface area contributed by atoms with Gasteiger partial charge in [0.2, 0.25) is 11.0 Å². The number of primary amides is 1. The Bertz CT molecular complexity index is 283. The molecule has 0 aromatic carbocycles. The van der Waals surface area contributed by atoms with E-state index in [1.54, 1.807) is 13.8 Å². The van der Waals surface area contributed by atoms with Crippen LogP contribution in [-0.4, -0.2) is 21.8 Å². The van der Waals surface area contributed by atoms with Crippen molar-refractivity contribution in [2.75, 3.05) is 11.9 Å². The monoisotopic (exact) mass is 200 g/mol. The van der Waals surface area contributed by atoms with Crippen molar-refractivity contribution >= 4 is 22.6 Å². The minimum absolute atomic E-state index is 0.329. The number of hydrogen-bond donors (Lipinski definition) is 2. The molecule has 0 aliphatic rings. The lowest BCUT2D eigenvalue weighted by atomic mass is 9.93. The summed E-state index contributed by atoms with van der Waals surface area (Å²) < 4.78 is 3.82. The van der Waals surface area contributed by atoms with Crippen LogP contribution in [0.15, 0.2) is 6.33 Å². The van der Waals surface area contributed by atoms with Gasteiger partial charge in [0.05, 0.1) is 5.41 Å². The van der Waals surface area contributed by atoms with Gasteiger partial charge in [-0.15, -0.1) is 0 Å². The van der Waals surface area contributed by atoms with Gasteiger partial charge in [-0.25, -0.2) is 4.98 Å². The van der Waals surface area contributed by atoms with Crippen LogP contribution in [0.3, 0.4) is 0 Å². The topological polar surface area (TPSA) is 80.9 Å². The largest absolute Gasteiger partial charge is 0.369 e. The molecule has 0 spiro atoms. The molecule has 0 saturated heterocycles. The van der Waals surface area contributed by atoms with E-state index in [2.05, 4.69) is 14.7 Å². The van der Waals surface area contributed by atoms with E-state index in [9.17, 15) is 4.79 Å². The molecule has 72 valence electrons. The second-order valence-corrected chi connectivity index (χ2v) is 4.13. The van der Waals surface area contributed by atoms with Gasteiger partial charge in [0.1, 0.15) is 6.33 Å². The van der Waals surface area contributed by atoms with Crippen molar-refractivity contribution in [1.82, 2.24) is 9.36 Å². The summed E-state index contributed by atoms with van der Waals surface area (Å²) in [5.74, 6) is -0.329. The number of carbonyl (C=O) groups excluding carboxylic acids is 1. The first kappa shape index (κ1) is 9.91. The van der Waals surface area contributed by atoms with Crippen LogP contribution < -0.4 is 11.1 Å². The molecular formula is C7H12N4OS. The quantitative estimate of drug-likeness (QED) is 0.740. The Kier molecular flexibility index (Phi) is 2.82. The van der Waals surface area contributed by atoms with Crippen molar-refractivity contribution in [2.24, 2.45) is 11.1 Å². The normalized spacial score (nSPS) is 11.2. The number of aromatic nitrogens is 2. The molecule has 1 amide bonds. The Morgan fingerprint density at radius 1 is 1.77 bits per heavy atom. The van der Waals surface area contributed by atoms with Gasteiger partial charge >= 0.3 is 0 Å². The number of carbonyl (C=O) groups is 1. The maximum absolute atomic E-state index is 10.9. The summed E-state index contributed by atoms with van der Waals surface area (Å²) in [6.07, 6.45) is 1.46. The molecule has 0 aliphatic carbocycles. The van der Waals surface area contributed by atoms with Crippen LogP contribution in [-0.2, 0) is 4.79 Å². The minimum Gasteiger partial charge on any atom is -0.369 e. The maximum atomic E-state index is 10.9. The minimum atomic E-state index is -0.564. The van der Waals surface area contributed by atoms with Crippen molar-refractivity contribution in [3.05, 3.63) is 6.33 Å². The molecule has 13 heavy (non-hydrogen) atoms. The third-order valence-corrected chi connectivity index (χ3v) is 2.33. The number of anilines is 1. The molecule has 0 unspecified atom stereocenters. The van der Waals surface area contributed by atoms with E-state index >= 15 is 0 Å². The lowest BCUT2D eigenvalue weighted by molar-refractivity contribution is -0.125. The summed E-state index contributed by atoms with van der Waals surface area (Å²) in [5, 5.41) is 3.69. The molecule has 0 aliphatic heterocycles. The SMILES string of the molecule is CC(C)(CNc1ncns1)C(N)=O. The fourth-order valence-electron chi connectivity index (χ4n) is 0.635. The number of nitrogens with one attached hydrogen (secondary N) is 1. The predicted molar refractivity (Wildman–Crippen MR) is 51.4 cm³/mol. The first-order valence-corrected chi connectivity index (χ1v) is 4.60. The molecule has 0 saturated carbocycles. The Hall–Kier alpha value is -1.17. The second kappa shape index (κ2) is 3.69. The lowest BCUT2D eigenvalue weighted by Gasteiger charge is -2.19. The number of hydrogen-bond acceptors (Lipinski definition) is 5. The van der Waals surface area contributed by atoms with Crippen LogP contribution >= 0.6 is 11.5 Å². The molecular weight excluding hydrogens is 188 g/mol. The molecule has 0 fully saturated rings. The number of rotatable bonds is 4. The highest BCUT2D eigenvalue weighted by atomic mass is 32.1. The highest BCUT2D eigenvalue weighted by molar-refractivity contribution is 7.09. The molecule has 0 atom stereocenters. The third kappa shape index (κ3) is 2.66. The smallest absolute Gasteiger partial charge is 0.224 e. The van der Waals surface area contributed by atoms with Crippen molar-refractivity contribution in [3.63, 3.8) is 0 Å². The Balaban J connectivity index is 2.47. The summed E-state index contributed by atoms with van der Waals surface area (Å²) in [5.41, 5.74) is 4.63. The van der Waals surface area contributed by atoms with Gasteiger partial charge in [-0.1, -0.05) is 0 Å². The summed E-state index contributed by atoms with van der Waals surface area (Å²) >= 11 is 1.25. The van der Waals surface area contributed by atoms with Gasteiger partial charge in [-0.05, 0) is 13.8 Å². The highest BCUT2D eigenvalue weighted by Gasteiger charge is 2.24. The van der Waals surface area contributed by atoms with Crippen LogP contribution in [0, 0.1) is 5.41 Å². The molecule has 5 nitrogen and oxygen atoms in total. The maximum Gasteiger partial charge on any atom is 0.224 e. The molecule has 1 rings (SSSR count). The molecule has 6 heteroatoms. The van der Waals surface area contributed by atoms with Gasteiger partial charge < -0.3 is 11.1 Å². The van der Waals surface area contributed by atoms with E-state index < -0.39 is 5.41 Å². The van der Waals surface area contributed by atoms with E-state index in [4.69, 9.17) is 5.73 Å². The van der Waals surface area contributed by atoms with Crippen molar-refractivity contribution in [2.45, 2.75) is 13.8 Å². The predicted octanol–water partition coefficient (Wildman–Crippen LogP) is 0.461. The number of nitrogens with two attached hydrogens (primary N) is 1. The average molecular weight is 200 g/mol. The van der Waals surface area contributed by atoms with Gasteiger partial charge in [-0.3, -0.25) is 4.79 Å².